The largest absolute Gasteiger partial charge is 0.344 e. The van der Waals surface area contributed by atoms with Crippen LogP contribution in [0.1, 0.15) is 25.3 Å². The third-order valence-corrected chi connectivity index (χ3v) is 5.61. The lowest BCUT2D eigenvalue weighted by molar-refractivity contribution is 0.155. The van der Waals surface area contributed by atoms with Crippen molar-refractivity contribution in [3.63, 3.8) is 0 Å². The van der Waals surface area contributed by atoms with Gasteiger partial charge in [0, 0.05) is 68.3 Å². The second-order valence-corrected chi connectivity index (χ2v) is 7.95. The molecular formula is C23H29N5. The maximum atomic E-state index is 4.56. The third-order valence-electron chi connectivity index (χ3n) is 5.61. The molecule has 1 N–H and O–H groups in total. The van der Waals surface area contributed by atoms with Crippen molar-refractivity contribution >= 4 is 27.9 Å². The van der Waals surface area contributed by atoms with Gasteiger partial charge in [-0.2, -0.15) is 0 Å². The van der Waals surface area contributed by atoms with E-state index in [0.717, 1.165) is 62.5 Å². The number of anilines is 1. The Kier molecular flexibility index (Phi) is 5.55. The number of fused-ring (bicyclic) bond motifs is 1. The summed E-state index contributed by atoms with van der Waals surface area (Å²) in [5, 5.41) is 5.73. The molecule has 2 aromatic rings. The van der Waals surface area contributed by atoms with Crippen molar-refractivity contribution in [2.75, 3.05) is 45.1 Å². The first-order valence-electron chi connectivity index (χ1n) is 10.0. The molecule has 1 fully saturated rings. The van der Waals surface area contributed by atoms with Gasteiger partial charge in [-0.05, 0) is 49.0 Å². The number of rotatable bonds is 6. The van der Waals surface area contributed by atoms with E-state index in [0.29, 0.717) is 0 Å². The second kappa shape index (κ2) is 8.25. The molecule has 2 aliphatic heterocycles. The molecule has 0 bridgehead atoms. The lowest BCUT2D eigenvalue weighted by Crippen LogP contribution is -2.44. The van der Waals surface area contributed by atoms with Gasteiger partial charge in [0.15, 0.2) is 0 Å². The zero-order valence-corrected chi connectivity index (χ0v) is 16.9. The first kappa shape index (κ1) is 18.8. The Morgan fingerprint density at radius 1 is 1.14 bits per heavy atom. The summed E-state index contributed by atoms with van der Waals surface area (Å²) in [5.74, 6) is 0.862. The first-order valence-corrected chi connectivity index (χ1v) is 10.0. The predicted octanol–water partition coefficient (Wildman–Crippen LogP) is 4.00. The number of hydrogen-bond donors (Lipinski definition) is 1. The molecule has 3 heterocycles. The van der Waals surface area contributed by atoms with E-state index < -0.39 is 0 Å². The number of likely N-dealkylation sites (N-methyl/N-ethyl adjacent to an activating group) is 1. The Labute approximate surface area is 167 Å². The molecule has 0 saturated carbocycles. The highest BCUT2D eigenvalue weighted by Crippen LogP contribution is 2.27. The van der Waals surface area contributed by atoms with E-state index in [9.17, 15) is 0 Å². The highest BCUT2D eigenvalue weighted by molar-refractivity contribution is 5.98. The van der Waals surface area contributed by atoms with E-state index in [4.69, 9.17) is 0 Å². The summed E-state index contributed by atoms with van der Waals surface area (Å²) in [5.41, 5.74) is 4.70. The summed E-state index contributed by atoms with van der Waals surface area (Å²) in [6.07, 6.45) is 5.79. The fourth-order valence-corrected chi connectivity index (χ4v) is 3.75. The molecule has 1 aromatic heterocycles. The summed E-state index contributed by atoms with van der Waals surface area (Å²) in [7, 11) is 2.19. The van der Waals surface area contributed by atoms with Crippen LogP contribution in [0.3, 0.4) is 0 Å². The Balaban J connectivity index is 1.39. The number of hydrogen-bond acceptors (Lipinski definition) is 5. The molecule has 146 valence electrons. The Hall–Kier alpha value is -2.50. The Morgan fingerprint density at radius 3 is 2.71 bits per heavy atom. The molecule has 28 heavy (non-hydrogen) atoms. The van der Waals surface area contributed by atoms with Crippen molar-refractivity contribution in [3.05, 3.63) is 54.5 Å². The lowest BCUT2D eigenvalue weighted by atomic mass is 10.0. The van der Waals surface area contributed by atoms with Gasteiger partial charge in [0.05, 0.1) is 0 Å². The minimum absolute atomic E-state index is 0.862. The van der Waals surface area contributed by atoms with Crippen LogP contribution in [0.2, 0.25) is 0 Å². The van der Waals surface area contributed by atoms with Crippen LogP contribution in [0.5, 0.6) is 0 Å². The van der Waals surface area contributed by atoms with Gasteiger partial charge >= 0.3 is 0 Å². The van der Waals surface area contributed by atoms with Crippen LogP contribution < -0.4 is 5.32 Å². The van der Waals surface area contributed by atoms with Crippen LogP contribution in [-0.2, 0) is 0 Å². The molecular weight excluding hydrogens is 346 g/mol. The molecule has 1 aromatic carbocycles. The van der Waals surface area contributed by atoms with E-state index in [2.05, 4.69) is 69.9 Å². The van der Waals surface area contributed by atoms with Crippen molar-refractivity contribution in [3.8, 4) is 0 Å². The van der Waals surface area contributed by atoms with Crippen LogP contribution >= 0.6 is 0 Å². The van der Waals surface area contributed by atoms with E-state index in [1.807, 2.05) is 12.4 Å². The lowest BCUT2D eigenvalue weighted by Gasteiger charge is -2.32. The average Bonchev–Trinajstić information content (AvgIpc) is 3.13. The highest BCUT2D eigenvalue weighted by atomic mass is 15.2. The normalized spacial score (nSPS) is 18.2. The maximum Gasteiger partial charge on any atom is 0.130 e. The Bertz CT molecular complexity index is 935. The summed E-state index contributed by atoms with van der Waals surface area (Å²) in [4.78, 5) is 13.9. The summed E-state index contributed by atoms with van der Waals surface area (Å²) < 4.78 is 0. The summed E-state index contributed by atoms with van der Waals surface area (Å²) in [6, 6.07) is 8.64. The molecule has 1 saturated heterocycles. The number of allylic oxidation sites excluding steroid dienone is 1. The smallest absolute Gasteiger partial charge is 0.130 e. The number of nitrogens with zero attached hydrogens (tertiary/aromatic N) is 4. The van der Waals surface area contributed by atoms with Crippen molar-refractivity contribution < 1.29 is 0 Å². The highest BCUT2D eigenvalue weighted by Gasteiger charge is 2.14. The monoisotopic (exact) mass is 375 g/mol. The van der Waals surface area contributed by atoms with Gasteiger partial charge < -0.3 is 15.1 Å². The number of aromatic nitrogens is 1. The molecule has 5 nitrogen and oxygen atoms in total. The summed E-state index contributed by atoms with van der Waals surface area (Å²) in [6.45, 7) is 11.9. The number of pyridine rings is 1. The van der Waals surface area contributed by atoms with Crippen molar-refractivity contribution in [1.29, 1.82) is 0 Å². The molecule has 0 amide bonds. The molecule has 0 atom stereocenters. The fourth-order valence-electron chi connectivity index (χ4n) is 3.75. The van der Waals surface area contributed by atoms with Gasteiger partial charge in [-0.3, -0.25) is 4.99 Å². The van der Waals surface area contributed by atoms with E-state index in [-0.39, 0.29) is 0 Å². The van der Waals surface area contributed by atoms with Crippen molar-refractivity contribution in [2.24, 2.45) is 4.99 Å². The second-order valence-electron chi connectivity index (χ2n) is 7.95. The third kappa shape index (κ3) is 4.49. The zero-order chi connectivity index (χ0) is 19.5. The van der Waals surface area contributed by atoms with Crippen molar-refractivity contribution in [2.45, 2.75) is 19.8 Å². The minimum Gasteiger partial charge on any atom is -0.344 e. The van der Waals surface area contributed by atoms with Crippen LogP contribution in [0.25, 0.3) is 16.3 Å². The predicted molar refractivity (Wildman–Crippen MR) is 119 cm³/mol. The zero-order valence-electron chi connectivity index (χ0n) is 16.9. The number of piperazine rings is 1. The Morgan fingerprint density at radius 2 is 1.96 bits per heavy atom. The standard InChI is InChI=1S/C23H29N5/c1-17(6-7-28-10-8-27(3)9-11-28)26-23-14-21-13-19(4-5-20(21)15-25-23)22-12-18(2)24-16-22/h4-5,13-16H,1,6-12H2,2-3H3,(H,25,26). The molecule has 4 rings (SSSR count). The van der Waals surface area contributed by atoms with Gasteiger partial charge in [-0.1, -0.05) is 18.7 Å². The molecule has 0 aliphatic carbocycles. The van der Waals surface area contributed by atoms with Gasteiger partial charge in [-0.25, -0.2) is 4.98 Å². The molecule has 2 aliphatic rings. The van der Waals surface area contributed by atoms with E-state index >= 15 is 0 Å². The van der Waals surface area contributed by atoms with Crippen LogP contribution in [0, 0.1) is 0 Å². The van der Waals surface area contributed by atoms with Crippen LogP contribution in [0.15, 0.2) is 53.9 Å². The van der Waals surface area contributed by atoms with Gasteiger partial charge in [0.25, 0.3) is 0 Å². The fraction of sp³-hybridized carbons (Fsp3) is 0.391. The molecule has 5 heteroatoms. The van der Waals surface area contributed by atoms with Gasteiger partial charge in [0.2, 0.25) is 0 Å². The van der Waals surface area contributed by atoms with Crippen LogP contribution in [-0.4, -0.2) is 60.3 Å². The van der Waals surface area contributed by atoms with Gasteiger partial charge in [0.1, 0.15) is 5.82 Å². The minimum atomic E-state index is 0.862. The number of nitrogens with one attached hydrogen (secondary N) is 1. The first-order chi connectivity index (χ1) is 13.6. The summed E-state index contributed by atoms with van der Waals surface area (Å²) >= 11 is 0. The van der Waals surface area contributed by atoms with E-state index in [1.165, 1.54) is 22.2 Å². The quantitative estimate of drug-likeness (QED) is 0.829. The van der Waals surface area contributed by atoms with Crippen LogP contribution in [0.4, 0.5) is 5.82 Å². The number of aliphatic imine (C=N–C) groups is 1. The van der Waals surface area contributed by atoms with Gasteiger partial charge in [-0.15, -0.1) is 0 Å². The van der Waals surface area contributed by atoms with Crippen molar-refractivity contribution in [1.82, 2.24) is 14.8 Å². The SMILES string of the molecule is C=C(CCN1CCN(C)CC1)Nc1cc2cc(C3=CN=C(C)C3)ccc2cn1. The average molecular weight is 376 g/mol. The number of benzene rings is 1. The van der Waals surface area contributed by atoms with E-state index in [1.54, 1.807) is 0 Å². The molecule has 0 spiro atoms. The topological polar surface area (TPSA) is 43.8 Å². The molecule has 0 radical (unpaired) electrons. The molecule has 0 unspecified atom stereocenters. The maximum absolute atomic E-state index is 4.56.